The number of cyclic esters (lactones) is 1. The molecule has 3 unspecified atom stereocenters. The molecule has 0 aromatic heterocycles. The van der Waals surface area contributed by atoms with E-state index in [2.05, 4.69) is 0 Å². The molecule has 2 heterocycles. The fourth-order valence-electron chi connectivity index (χ4n) is 3.31. The Morgan fingerprint density at radius 1 is 1.42 bits per heavy atom. The molecule has 0 saturated carbocycles. The molecule has 9 heteroatoms. The highest BCUT2D eigenvalue weighted by molar-refractivity contribution is 5.92. The van der Waals surface area contributed by atoms with Crippen LogP contribution in [0.1, 0.15) is 18.4 Å². The van der Waals surface area contributed by atoms with E-state index < -0.39 is 24.8 Å². The number of nitrogens with zero attached hydrogens (tertiary/aromatic N) is 1. The summed E-state index contributed by atoms with van der Waals surface area (Å²) in [5.74, 6) is 0.401. The zero-order chi connectivity index (χ0) is 18.9. The van der Waals surface area contributed by atoms with Crippen molar-refractivity contribution in [1.29, 1.82) is 0 Å². The predicted octanol–water partition coefficient (Wildman–Crippen LogP) is 2.67. The zero-order valence-corrected chi connectivity index (χ0v) is 14.2. The lowest BCUT2D eigenvalue weighted by atomic mass is 9.94. The monoisotopic (exact) mass is 375 g/mol. The Labute approximate surface area is 148 Å². The van der Waals surface area contributed by atoms with Gasteiger partial charge in [0.05, 0.1) is 24.9 Å². The molecule has 0 spiro atoms. The molecular formula is C17H20F3NO5. The second-order valence-electron chi connectivity index (χ2n) is 6.34. The number of amides is 1. The van der Waals surface area contributed by atoms with E-state index in [1.54, 1.807) is 30.2 Å². The number of carbonyl (C=O) groups is 1. The molecule has 1 aromatic carbocycles. The maximum Gasteiger partial charge on any atom is 0.415 e. The van der Waals surface area contributed by atoms with E-state index in [1.807, 2.05) is 0 Å². The van der Waals surface area contributed by atoms with Crippen LogP contribution < -0.4 is 9.64 Å². The Morgan fingerprint density at radius 2 is 2.19 bits per heavy atom. The molecule has 2 aliphatic rings. The van der Waals surface area contributed by atoms with Gasteiger partial charge in [-0.2, -0.15) is 13.2 Å². The number of anilines is 1. The van der Waals surface area contributed by atoms with Crippen molar-refractivity contribution in [3.05, 3.63) is 23.8 Å². The van der Waals surface area contributed by atoms with E-state index in [4.69, 9.17) is 19.3 Å². The molecule has 3 rings (SSSR count). The van der Waals surface area contributed by atoms with Crippen LogP contribution >= 0.6 is 0 Å². The average molecular weight is 375 g/mol. The number of hydrogen-bond acceptors (Lipinski definition) is 5. The largest absolute Gasteiger partial charge is 0.493 e. The van der Waals surface area contributed by atoms with Crippen LogP contribution in [0, 0.1) is 0 Å². The summed E-state index contributed by atoms with van der Waals surface area (Å²) < 4.78 is 52.6. The second-order valence-corrected chi connectivity index (χ2v) is 6.34. The summed E-state index contributed by atoms with van der Waals surface area (Å²) in [6.07, 6.45) is -6.96. The minimum Gasteiger partial charge on any atom is -0.493 e. The fourth-order valence-corrected chi connectivity index (χ4v) is 3.31. The number of alkyl halides is 3. The number of benzene rings is 1. The molecule has 0 radical (unpaired) electrons. The van der Waals surface area contributed by atoms with Crippen LogP contribution in [0.4, 0.5) is 23.7 Å². The summed E-state index contributed by atoms with van der Waals surface area (Å²) in [6, 6.07) is 4.91. The van der Waals surface area contributed by atoms with Crippen LogP contribution in [0.3, 0.4) is 0 Å². The zero-order valence-electron chi connectivity index (χ0n) is 14.2. The first kappa shape index (κ1) is 18.8. The number of halogens is 3. The van der Waals surface area contributed by atoms with Crippen LogP contribution in [0.15, 0.2) is 18.2 Å². The van der Waals surface area contributed by atoms with E-state index in [0.717, 1.165) is 5.56 Å². The van der Waals surface area contributed by atoms with Gasteiger partial charge < -0.3 is 19.3 Å². The number of aryl methyl sites for hydroxylation is 1. The minimum atomic E-state index is -4.65. The highest BCUT2D eigenvalue weighted by atomic mass is 19.4. The average Bonchev–Trinajstić information content (AvgIpc) is 2.90. The van der Waals surface area contributed by atoms with E-state index in [0.29, 0.717) is 30.9 Å². The van der Waals surface area contributed by atoms with Gasteiger partial charge in [-0.25, -0.2) is 4.79 Å². The molecule has 6 nitrogen and oxygen atoms in total. The van der Waals surface area contributed by atoms with Gasteiger partial charge in [0.25, 0.3) is 0 Å². The SMILES string of the molecule is COCC1OC(=O)N2c3ccc(OCCC(O)C(F)(F)F)cc3CCC12. The van der Waals surface area contributed by atoms with Crippen molar-refractivity contribution in [2.75, 3.05) is 25.2 Å². The summed E-state index contributed by atoms with van der Waals surface area (Å²) >= 11 is 0. The Balaban J connectivity index is 1.66. The van der Waals surface area contributed by atoms with E-state index >= 15 is 0 Å². The van der Waals surface area contributed by atoms with Gasteiger partial charge in [0.1, 0.15) is 11.9 Å². The quantitative estimate of drug-likeness (QED) is 0.828. The molecule has 2 aliphatic heterocycles. The molecule has 0 aliphatic carbocycles. The van der Waals surface area contributed by atoms with Gasteiger partial charge in [-0.1, -0.05) is 0 Å². The summed E-state index contributed by atoms with van der Waals surface area (Å²) in [4.78, 5) is 13.8. The molecule has 26 heavy (non-hydrogen) atoms. The van der Waals surface area contributed by atoms with Gasteiger partial charge in [-0.05, 0) is 36.6 Å². The lowest BCUT2D eigenvalue weighted by Gasteiger charge is -2.31. The third-order valence-corrected chi connectivity index (χ3v) is 4.60. The van der Waals surface area contributed by atoms with Crippen LogP contribution in [0.25, 0.3) is 0 Å². The number of aliphatic hydroxyl groups excluding tert-OH is 1. The van der Waals surface area contributed by atoms with Crippen molar-refractivity contribution < 1.29 is 37.3 Å². The second kappa shape index (κ2) is 7.32. The fraction of sp³-hybridized carbons (Fsp3) is 0.588. The smallest absolute Gasteiger partial charge is 0.415 e. The number of carbonyl (C=O) groups excluding carboxylic acids is 1. The predicted molar refractivity (Wildman–Crippen MR) is 85.3 cm³/mol. The Kier molecular flexibility index (Phi) is 5.29. The lowest BCUT2D eigenvalue weighted by Crippen LogP contribution is -2.41. The molecule has 0 bridgehead atoms. The first-order valence-electron chi connectivity index (χ1n) is 8.30. The van der Waals surface area contributed by atoms with Crippen molar-refractivity contribution in [1.82, 2.24) is 0 Å². The van der Waals surface area contributed by atoms with E-state index in [-0.39, 0.29) is 18.8 Å². The van der Waals surface area contributed by atoms with Crippen molar-refractivity contribution in [3.8, 4) is 5.75 Å². The molecule has 1 fully saturated rings. The normalized spacial score (nSPS) is 23.3. The van der Waals surface area contributed by atoms with Crippen LogP contribution in [-0.2, 0) is 15.9 Å². The van der Waals surface area contributed by atoms with Gasteiger partial charge in [0.2, 0.25) is 0 Å². The molecule has 3 atom stereocenters. The number of fused-ring (bicyclic) bond motifs is 3. The van der Waals surface area contributed by atoms with Crippen molar-refractivity contribution in [3.63, 3.8) is 0 Å². The number of ether oxygens (including phenoxy) is 3. The van der Waals surface area contributed by atoms with Crippen LogP contribution in [0.2, 0.25) is 0 Å². The summed E-state index contributed by atoms with van der Waals surface area (Å²) in [5.41, 5.74) is 1.58. The van der Waals surface area contributed by atoms with E-state index in [9.17, 15) is 18.0 Å². The Hall–Kier alpha value is -2.00. The standard InChI is InChI=1S/C17H20F3NO5/c1-24-9-14-13-4-2-10-8-11(25-7-6-15(22)17(18,19)20)3-5-12(10)21(13)16(23)26-14/h3,5,8,13-15,22H,2,4,6-7,9H2,1H3. The van der Waals surface area contributed by atoms with Gasteiger partial charge in [-0.3, -0.25) is 4.90 Å². The first-order valence-corrected chi connectivity index (χ1v) is 8.30. The highest BCUT2D eigenvalue weighted by Gasteiger charge is 2.45. The van der Waals surface area contributed by atoms with Crippen molar-refractivity contribution in [2.24, 2.45) is 0 Å². The Bertz CT molecular complexity index is 666. The maximum atomic E-state index is 12.3. The van der Waals surface area contributed by atoms with Crippen molar-refractivity contribution >= 4 is 11.8 Å². The number of methoxy groups -OCH3 is 1. The minimum absolute atomic E-state index is 0.0938. The summed E-state index contributed by atoms with van der Waals surface area (Å²) in [6.45, 7) is 0.0642. The van der Waals surface area contributed by atoms with Gasteiger partial charge in [-0.15, -0.1) is 0 Å². The molecule has 1 N–H and O–H groups in total. The summed E-state index contributed by atoms with van der Waals surface area (Å²) in [5, 5.41) is 8.98. The highest BCUT2D eigenvalue weighted by Crippen LogP contribution is 2.38. The van der Waals surface area contributed by atoms with Crippen LogP contribution in [0.5, 0.6) is 5.75 Å². The molecule has 1 saturated heterocycles. The lowest BCUT2D eigenvalue weighted by molar-refractivity contribution is -0.206. The number of hydrogen-bond donors (Lipinski definition) is 1. The Morgan fingerprint density at radius 3 is 2.88 bits per heavy atom. The first-order chi connectivity index (χ1) is 12.3. The van der Waals surface area contributed by atoms with Gasteiger partial charge >= 0.3 is 12.3 Å². The van der Waals surface area contributed by atoms with Crippen molar-refractivity contribution in [2.45, 2.75) is 43.7 Å². The topological polar surface area (TPSA) is 68.2 Å². The van der Waals surface area contributed by atoms with E-state index in [1.165, 1.54) is 0 Å². The molecule has 1 aromatic rings. The number of rotatable bonds is 6. The molecule has 144 valence electrons. The van der Waals surface area contributed by atoms with Gasteiger partial charge in [0, 0.05) is 13.5 Å². The third kappa shape index (κ3) is 3.73. The molecular weight excluding hydrogens is 355 g/mol. The van der Waals surface area contributed by atoms with Crippen LogP contribution in [-0.4, -0.2) is 55.9 Å². The summed E-state index contributed by atoms with van der Waals surface area (Å²) in [7, 11) is 1.55. The molecule has 1 amide bonds. The number of aliphatic hydroxyl groups is 1. The van der Waals surface area contributed by atoms with Gasteiger partial charge in [0.15, 0.2) is 6.10 Å². The maximum absolute atomic E-state index is 12.3. The third-order valence-electron chi connectivity index (χ3n) is 4.60.